The Bertz CT molecular complexity index is 111. The zero-order valence-electron chi connectivity index (χ0n) is 6.34. The molecule has 0 fully saturated rings. The largest absolute Gasteiger partial charge is 0.465 e. The average Bonchev–Trinajstić information content (AvgIpc) is 1.96. The molecule has 0 aromatic rings. The summed E-state index contributed by atoms with van der Waals surface area (Å²) in [7, 11) is 3.58. The number of rotatable bonds is 6. The van der Waals surface area contributed by atoms with Gasteiger partial charge in [0.1, 0.15) is 6.61 Å². The molecule has 0 bridgehead atoms. The number of halogens is 1. The zero-order valence-corrected chi connectivity index (χ0v) is 10.1. The molecule has 0 aromatic heterocycles. The van der Waals surface area contributed by atoms with Gasteiger partial charge in [0, 0.05) is 22.9 Å². The van der Waals surface area contributed by atoms with E-state index in [0.29, 0.717) is 6.61 Å². The molecule has 0 aliphatic rings. The van der Waals surface area contributed by atoms with Crippen molar-refractivity contribution in [1.29, 1.82) is 0 Å². The summed E-state index contributed by atoms with van der Waals surface area (Å²) in [4.78, 5) is 10.3. The van der Waals surface area contributed by atoms with Crippen molar-refractivity contribution >= 4 is 50.1 Å². The smallest absolute Gasteiger partial charge is 0.302 e. The van der Waals surface area contributed by atoms with E-state index in [1.54, 1.807) is 10.8 Å². The topological polar surface area (TPSA) is 26.3 Å². The Morgan fingerprint density at radius 1 is 1.45 bits per heavy atom. The van der Waals surface area contributed by atoms with Crippen LogP contribution in [0.25, 0.3) is 0 Å². The molecular formula is C6H11IO2S2. The summed E-state index contributed by atoms with van der Waals surface area (Å²) in [5, 5.41) is 0. The predicted octanol–water partition coefficient (Wildman–Crippen LogP) is 2.37. The molecule has 2 nitrogen and oxygen atoms in total. The van der Waals surface area contributed by atoms with E-state index in [0.717, 1.165) is 11.5 Å². The lowest BCUT2D eigenvalue weighted by Gasteiger charge is -1.99. The number of carbonyl (C=O) groups excluding carboxylic acids is 1. The fraction of sp³-hybridized carbons (Fsp3) is 0.833. The molecule has 0 unspecified atom stereocenters. The van der Waals surface area contributed by atoms with E-state index in [1.807, 2.05) is 10.8 Å². The van der Waals surface area contributed by atoms with Gasteiger partial charge in [0.05, 0.1) is 0 Å². The highest BCUT2D eigenvalue weighted by atomic mass is 127. The van der Waals surface area contributed by atoms with E-state index in [4.69, 9.17) is 4.74 Å². The maximum Gasteiger partial charge on any atom is 0.302 e. The highest BCUT2D eigenvalue weighted by Crippen LogP contribution is 2.20. The van der Waals surface area contributed by atoms with Crippen molar-refractivity contribution < 1.29 is 9.53 Å². The minimum atomic E-state index is -0.190. The van der Waals surface area contributed by atoms with Crippen molar-refractivity contribution in [2.45, 2.75) is 6.92 Å². The lowest BCUT2D eigenvalue weighted by atomic mass is 10.8. The SMILES string of the molecule is CC(=O)OCCSSCCI. The Kier molecular flexibility index (Phi) is 9.73. The van der Waals surface area contributed by atoms with Crippen LogP contribution in [0.5, 0.6) is 0 Å². The molecule has 66 valence electrons. The molecule has 0 heterocycles. The van der Waals surface area contributed by atoms with Gasteiger partial charge in [-0.25, -0.2) is 0 Å². The molecule has 0 N–H and O–H groups in total. The Morgan fingerprint density at radius 2 is 2.09 bits per heavy atom. The monoisotopic (exact) mass is 306 g/mol. The van der Waals surface area contributed by atoms with Crippen LogP contribution in [0.15, 0.2) is 0 Å². The van der Waals surface area contributed by atoms with Crippen LogP contribution in [-0.4, -0.2) is 28.5 Å². The Hall–Kier alpha value is 0.900. The second-order valence-corrected chi connectivity index (χ2v) is 5.45. The van der Waals surface area contributed by atoms with Gasteiger partial charge in [-0.1, -0.05) is 44.2 Å². The van der Waals surface area contributed by atoms with E-state index in [2.05, 4.69) is 22.6 Å². The van der Waals surface area contributed by atoms with Crippen LogP contribution in [-0.2, 0) is 9.53 Å². The van der Waals surface area contributed by atoms with Gasteiger partial charge in [-0.15, -0.1) is 0 Å². The first-order chi connectivity index (χ1) is 5.27. The Labute approximate surface area is 88.7 Å². The summed E-state index contributed by atoms with van der Waals surface area (Å²) in [5.41, 5.74) is 0. The van der Waals surface area contributed by atoms with E-state index >= 15 is 0 Å². The van der Waals surface area contributed by atoms with Crippen molar-refractivity contribution in [3.05, 3.63) is 0 Å². The minimum Gasteiger partial charge on any atom is -0.465 e. The maximum atomic E-state index is 10.3. The molecule has 0 aliphatic carbocycles. The molecule has 0 saturated heterocycles. The molecule has 0 atom stereocenters. The van der Waals surface area contributed by atoms with Gasteiger partial charge in [0.25, 0.3) is 0 Å². The van der Waals surface area contributed by atoms with Crippen LogP contribution in [0, 0.1) is 0 Å². The van der Waals surface area contributed by atoms with Crippen LogP contribution in [0.2, 0.25) is 0 Å². The normalized spacial score (nSPS) is 9.64. The third-order valence-electron chi connectivity index (χ3n) is 0.716. The van der Waals surface area contributed by atoms with Crippen molar-refractivity contribution in [2.24, 2.45) is 0 Å². The van der Waals surface area contributed by atoms with Gasteiger partial charge in [0.15, 0.2) is 0 Å². The number of hydrogen-bond donors (Lipinski definition) is 0. The van der Waals surface area contributed by atoms with Gasteiger partial charge >= 0.3 is 5.97 Å². The van der Waals surface area contributed by atoms with Gasteiger partial charge < -0.3 is 4.74 Å². The number of hydrogen-bond acceptors (Lipinski definition) is 4. The molecule has 0 spiro atoms. The molecule has 0 saturated carbocycles. The molecule has 0 radical (unpaired) electrons. The minimum absolute atomic E-state index is 0.190. The van der Waals surface area contributed by atoms with Crippen molar-refractivity contribution in [1.82, 2.24) is 0 Å². The van der Waals surface area contributed by atoms with E-state index in [1.165, 1.54) is 11.4 Å². The first-order valence-electron chi connectivity index (χ1n) is 3.21. The van der Waals surface area contributed by atoms with E-state index < -0.39 is 0 Å². The summed E-state index contributed by atoms with van der Waals surface area (Å²) in [5.74, 6) is 1.86. The summed E-state index contributed by atoms with van der Waals surface area (Å²) in [6.45, 7) is 1.97. The van der Waals surface area contributed by atoms with Crippen LogP contribution in [0.3, 0.4) is 0 Å². The molecule has 5 heteroatoms. The molecule has 0 rings (SSSR count). The third-order valence-corrected chi connectivity index (χ3v) is 4.36. The molecular weight excluding hydrogens is 295 g/mol. The van der Waals surface area contributed by atoms with Gasteiger partial charge in [0.2, 0.25) is 0 Å². The highest BCUT2D eigenvalue weighted by molar-refractivity contribution is 14.1. The fourth-order valence-corrected chi connectivity index (χ4v) is 3.54. The highest BCUT2D eigenvalue weighted by Gasteiger charge is 1.92. The first kappa shape index (κ1) is 11.9. The van der Waals surface area contributed by atoms with E-state index in [9.17, 15) is 4.79 Å². The Balaban J connectivity index is 2.85. The van der Waals surface area contributed by atoms with Crippen molar-refractivity contribution in [3.8, 4) is 0 Å². The third kappa shape index (κ3) is 10.9. The van der Waals surface area contributed by atoms with E-state index in [-0.39, 0.29) is 5.97 Å². The van der Waals surface area contributed by atoms with Crippen LogP contribution < -0.4 is 0 Å². The van der Waals surface area contributed by atoms with Gasteiger partial charge in [-0.3, -0.25) is 4.79 Å². The first-order valence-corrected chi connectivity index (χ1v) is 7.22. The molecule has 11 heavy (non-hydrogen) atoms. The number of ether oxygens (including phenoxy) is 1. The van der Waals surface area contributed by atoms with Gasteiger partial charge in [-0.05, 0) is 0 Å². The summed E-state index contributed by atoms with van der Waals surface area (Å²) < 4.78 is 5.92. The number of alkyl halides is 1. The fourth-order valence-electron chi connectivity index (χ4n) is 0.369. The average molecular weight is 306 g/mol. The number of carbonyl (C=O) groups is 1. The summed E-state index contributed by atoms with van der Waals surface area (Å²) in [6, 6.07) is 0. The van der Waals surface area contributed by atoms with Crippen LogP contribution >= 0.6 is 44.2 Å². The van der Waals surface area contributed by atoms with Crippen LogP contribution in [0.1, 0.15) is 6.92 Å². The number of esters is 1. The predicted molar refractivity (Wildman–Crippen MR) is 60.4 cm³/mol. The standard InChI is InChI=1S/C6H11IO2S2/c1-6(8)9-3-5-11-10-4-2-7/h2-5H2,1H3. The van der Waals surface area contributed by atoms with Crippen molar-refractivity contribution in [3.63, 3.8) is 0 Å². The summed E-state index contributed by atoms with van der Waals surface area (Å²) in [6.07, 6.45) is 0. The van der Waals surface area contributed by atoms with Crippen LogP contribution in [0.4, 0.5) is 0 Å². The summed E-state index contributed by atoms with van der Waals surface area (Å²) >= 11 is 2.34. The second-order valence-electron chi connectivity index (χ2n) is 1.67. The zero-order chi connectivity index (χ0) is 8.53. The lowest BCUT2D eigenvalue weighted by Crippen LogP contribution is -2.01. The molecule has 0 aromatic carbocycles. The van der Waals surface area contributed by atoms with Crippen molar-refractivity contribution in [2.75, 3.05) is 22.5 Å². The lowest BCUT2D eigenvalue weighted by molar-refractivity contribution is -0.140. The quantitative estimate of drug-likeness (QED) is 0.247. The Morgan fingerprint density at radius 3 is 2.64 bits per heavy atom. The maximum absolute atomic E-state index is 10.3. The molecule has 0 aliphatic heterocycles. The van der Waals surface area contributed by atoms with Gasteiger partial charge in [-0.2, -0.15) is 0 Å². The second kappa shape index (κ2) is 8.99. The molecule has 0 amide bonds.